The number of carbonyl (C=O) groups excluding carboxylic acids is 2. The van der Waals surface area contributed by atoms with Gasteiger partial charge in [0.05, 0.1) is 11.0 Å². The second-order valence-corrected chi connectivity index (χ2v) is 7.78. The molecule has 6 nitrogen and oxygen atoms in total. The van der Waals surface area contributed by atoms with Gasteiger partial charge in [0.2, 0.25) is 5.91 Å². The van der Waals surface area contributed by atoms with Crippen LogP contribution in [0, 0.1) is 0 Å². The molecular formula is C25H27ClN4O2. The molecule has 1 aromatic heterocycles. The number of halogens is 1. The lowest BCUT2D eigenvalue weighted by molar-refractivity contribution is -0.130. The highest BCUT2D eigenvalue weighted by molar-refractivity contribution is 6.30. The lowest BCUT2D eigenvalue weighted by atomic mass is 10.2. The van der Waals surface area contributed by atoms with Crippen molar-refractivity contribution in [2.45, 2.75) is 19.4 Å². The molecule has 0 radical (unpaired) electrons. The molecule has 3 aromatic rings. The summed E-state index contributed by atoms with van der Waals surface area (Å²) in [5.41, 5.74) is 2.33. The normalized spacial score (nSPS) is 10.7. The highest BCUT2D eigenvalue weighted by Gasteiger charge is 2.17. The molecule has 166 valence electrons. The third kappa shape index (κ3) is 5.86. The van der Waals surface area contributed by atoms with Gasteiger partial charge in [0.25, 0.3) is 5.91 Å². The number of imidazole rings is 1. The Kier molecular flexibility index (Phi) is 8.22. The minimum Gasteiger partial charge on any atom is -0.352 e. The number of benzene rings is 2. The first-order valence-corrected chi connectivity index (χ1v) is 10.9. The summed E-state index contributed by atoms with van der Waals surface area (Å²) >= 11 is 5.87. The molecule has 1 N–H and O–H groups in total. The first-order chi connectivity index (χ1) is 15.5. The van der Waals surface area contributed by atoms with Crippen molar-refractivity contribution in [1.82, 2.24) is 19.8 Å². The van der Waals surface area contributed by atoms with Crippen LogP contribution in [0.15, 0.2) is 73.8 Å². The quantitative estimate of drug-likeness (QED) is 0.350. The van der Waals surface area contributed by atoms with E-state index in [1.807, 2.05) is 28.8 Å². The molecule has 1 heterocycles. The number of aryl methyl sites for hydroxylation is 1. The van der Waals surface area contributed by atoms with Crippen LogP contribution < -0.4 is 5.32 Å². The molecule has 0 fully saturated rings. The second kappa shape index (κ2) is 11.3. The molecule has 0 bridgehead atoms. The fourth-order valence-electron chi connectivity index (χ4n) is 3.47. The number of nitrogens with zero attached hydrogens (tertiary/aromatic N) is 3. The molecule has 2 amide bonds. The van der Waals surface area contributed by atoms with Gasteiger partial charge in [-0.1, -0.05) is 35.9 Å². The second-order valence-electron chi connectivity index (χ2n) is 7.35. The molecule has 32 heavy (non-hydrogen) atoms. The Balaban J connectivity index is 1.67. The molecule has 2 aromatic carbocycles. The molecule has 3 rings (SSSR count). The van der Waals surface area contributed by atoms with Gasteiger partial charge < -0.3 is 14.8 Å². The van der Waals surface area contributed by atoms with Crippen molar-refractivity contribution in [3.8, 4) is 0 Å². The minimum atomic E-state index is -0.144. The lowest BCUT2D eigenvalue weighted by Gasteiger charge is -2.20. The summed E-state index contributed by atoms with van der Waals surface area (Å²) < 4.78 is 1.96. The maximum absolute atomic E-state index is 12.9. The van der Waals surface area contributed by atoms with Crippen molar-refractivity contribution in [1.29, 1.82) is 0 Å². The first kappa shape index (κ1) is 23.3. The van der Waals surface area contributed by atoms with Crippen molar-refractivity contribution in [2.75, 3.05) is 19.6 Å². The van der Waals surface area contributed by atoms with Crippen LogP contribution in [0.2, 0.25) is 5.02 Å². The summed E-state index contributed by atoms with van der Waals surface area (Å²) in [6.45, 7) is 9.07. The summed E-state index contributed by atoms with van der Waals surface area (Å²) in [6, 6.07) is 14.5. The maximum Gasteiger partial charge on any atom is 0.251 e. The summed E-state index contributed by atoms with van der Waals surface area (Å²) in [6.07, 6.45) is 4.74. The summed E-state index contributed by atoms with van der Waals surface area (Å²) in [5.74, 6) is 0.650. The van der Waals surface area contributed by atoms with E-state index in [0.717, 1.165) is 16.9 Å². The average molecular weight is 451 g/mol. The Bertz CT molecular complexity index is 1090. The van der Waals surface area contributed by atoms with Gasteiger partial charge in [-0.15, -0.1) is 13.2 Å². The molecule has 7 heteroatoms. The molecule has 0 aliphatic rings. The van der Waals surface area contributed by atoms with E-state index in [9.17, 15) is 9.59 Å². The summed E-state index contributed by atoms with van der Waals surface area (Å²) in [4.78, 5) is 31.6. The summed E-state index contributed by atoms with van der Waals surface area (Å²) in [5, 5.41) is 3.51. The van der Waals surface area contributed by atoms with E-state index in [1.165, 1.54) is 0 Å². The van der Waals surface area contributed by atoms with E-state index >= 15 is 0 Å². The number of hydrogen-bond donors (Lipinski definition) is 1. The Morgan fingerprint density at radius 3 is 2.44 bits per heavy atom. The fourth-order valence-corrected chi connectivity index (χ4v) is 3.60. The molecule has 0 saturated heterocycles. The Hall–Kier alpha value is -3.38. The third-order valence-corrected chi connectivity index (χ3v) is 5.30. The number of rotatable bonds is 11. The topological polar surface area (TPSA) is 67.2 Å². The Morgan fingerprint density at radius 1 is 1.06 bits per heavy atom. The lowest BCUT2D eigenvalue weighted by Crippen LogP contribution is -2.34. The van der Waals surface area contributed by atoms with Crippen LogP contribution in [-0.2, 0) is 17.8 Å². The number of aromatic nitrogens is 2. The van der Waals surface area contributed by atoms with Gasteiger partial charge in [-0.25, -0.2) is 4.98 Å². The van der Waals surface area contributed by atoms with Gasteiger partial charge in [-0.05, 0) is 42.8 Å². The number of hydrogen-bond acceptors (Lipinski definition) is 3. The van der Waals surface area contributed by atoms with Crippen LogP contribution in [0.25, 0.3) is 11.0 Å². The van der Waals surface area contributed by atoms with Crippen LogP contribution in [0.3, 0.4) is 0 Å². The van der Waals surface area contributed by atoms with Crippen molar-refractivity contribution in [3.63, 3.8) is 0 Å². The van der Waals surface area contributed by atoms with E-state index < -0.39 is 0 Å². The van der Waals surface area contributed by atoms with Crippen LogP contribution in [0.1, 0.15) is 22.6 Å². The number of amides is 2. The zero-order valence-corrected chi connectivity index (χ0v) is 18.7. The number of carbonyl (C=O) groups is 2. The molecule has 0 atom stereocenters. The number of para-hydroxylation sites is 2. The highest BCUT2D eigenvalue weighted by Crippen LogP contribution is 2.18. The third-order valence-electron chi connectivity index (χ3n) is 5.05. The SMILES string of the molecule is C=CCN(CC=C)C(=O)Cn1c(CCCNC(=O)c2ccc(Cl)cc2)nc2ccccc21. The maximum atomic E-state index is 12.9. The Labute approximate surface area is 193 Å². The van der Waals surface area contributed by atoms with Crippen molar-refractivity contribution in [3.05, 3.63) is 90.3 Å². The highest BCUT2D eigenvalue weighted by atomic mass is 35.5. The molecule has 0 aliphatic carbocycles. The molecule has 0 aliphatic heterocycles. The molecule has 0 unspecified atom stereocenters. The van der Waals surface area contributed by atoms with Gasteiger partial charge in [0.15, 0.2) is 0 Å². The Morgan fingerprint density at radius 2 is 1.75 bits per heavy atom. The predicted octanol–water partition coefficient (Wildman–Crippen LogP) is 4.25. The van der Waals surface area contributed by atoms with E-state index in [4.69, 9.17) is 16.6 Å². The van der Waals surface area contributed by atoms with Crippen molar-refractivity contribution in [2.24, 2.45) is 0 Å². The van der Waals surface area contributed by atoms with Gasteiger partial charge in [-0.2, -0.15) is 0 Å². The largest absolute Gasteiger partial charge is 0.352 e. The van der Waals surface area contributed by atoms with Gasteiger partial charge in [0, 0.05) is 36.6 Å². The van der Waals surface area contributed by atoms with Gasteiger partial charge >= 0.3 is 0 Å². The van der Waals surface area contributed by atoms with Crippen LogP contribution in [-0.4, -0.2) is 45.9 Å². The number of nitrogens with one attached hydrogen (secondary N) is 1. The van der Waals surface area contributed by atoms with E-state index in [0.29, 0.717) is 43.1 Å². The van der Waals surface area contributed by atoms with Crippen LogP contribution in [0.4, 0.5) is 0 Å². The van der Waals surface area contributed by atoms with Crippen LogP contribution in [0.5, 0.6) is 0 Å². The molecule has 0 saturated carbocycles. The zero-order valence-electron chi connectivity index (χ0n) is 18.0. The standard InChI is InChI=1S/C25H27ClN4O2/c1-3-16-29(17-4-2)24(31)18-30-22-9-6-5-8-21(22)28-23(30)10-7-15-27-25(32)19-11-13-20(26)14-12-19/h3-6,8-9,11-14H,1-2,7,10,15-18H2,(H,27,32). The summed E-state index contributed by atoms with van der Waals surface area (Å²) in [7, 11) is 0. The first-order valence-electron chi connectivity index (χ1n) is 10.5. The number of fused-ring (bicyclic) bond motifs is 1. The zero-order chi connectivity index (χ0) is 22.9. The fraction of sp³-hybridized carbons (Fsp3) is 0.240. The average Bonchev–Trinajstić information content (AvgIpc) is 3.14. The smallest absolute Gasteiger partial charge is 0.251 e. The van der Waals surface area contributed by atoms with Crippen molar-refractivity contribution >= 4 is 34.4 Å². The molecule has 0 spiro atoms. The monoisotopic (exact) mass is 450 g/mol. The van der Waals surface area contributed by atoms with Gasteiger partial charge in [-0.3, -0.25) is 9.59 Å². The van der Waals surface area contributed by atoms with E-state index in [-0.39, 0.29) is 18.4 Å². The molecular weight excluding hydrogens is 424 g/mol. The minimum absolute atomic E-state index is 0.0229. The van der Waals surface area contributed by atoms with E-state index in [2.05, 4.69) is 18.5 Å². The van der Waals surface area contributed by atoms with Gasteiger partial charge in [0.1, 0.15) is 12.4 Å². The van der Waals surface area contributed by atoms with E-state index in [1.54, 1.807) is 41.3 Å². The van der Waals surface area contributed by atoms with Crippen LogP contribution >= 0.6 is 11.6 Å². The van der Waals surface area contributed by atoms with Crippen molar-refractivity contribution < 1.29 is 9.59 Å². The predicted molar refractivity (Wildman–Crippen MR) is 129 cm³/mol.